The summed E-state index contributed by atoms with van der Waals surface area (Å²) in [7, 11) is 0. The highest BCUT2D eigenvalue weighted by Gasteiger charge is 2.13. The highest BCUT2D eigenvalue weighted by molar-refractivity contribution is 7.12. The second kappa shape index (κ2) is 7.54. The van der Waals surface area contributed by atoms with Gasteiger partial charge in [-0.1, -0.05) is 36.4 Å². The third kappa shape index (κ3) is 3.72. The maximum Gasteiger partial charge on any atom is 0.265 e. The monoisotopic (exact) mass is 388 g/mol. The predicted molar refractivity (Wildman–Crippen MR) is 112 cm³/mol. The molecule has 1 heterocycles. The van der Waals surface area contributed by atoms with Crippen LogP contribution < -0.4 is 10.6 Å². The summed E-state index contributed by atoms with van der Waals surface area (Å²) >= 11 is 1.36. The van der Waals surface area contributed by atoms with Gasteiger partial charge in [-0.3, -0.25) is 9.59 Å². The van der Waals surface area contributed by atoms with Gasteiger partial charge < -0.3 is 15.7 Å². The van der Waals surface area contributed by atoms with Crippen molar-refractivity contribution in [2.45, 2.75) is 0 Å². The molecule has 0 atom stereocenters. The van der Waals surface area contributed by atoms with Gasteiger partial charge in [0.05, 0.1) is 10.4 Å². The number of phenols is 1. The van der Waals surface area contributed by atoms with Gasteiger partial charge in [-0.15, -0.1) is 11.3 Å². The van der Waals surface area contributed by atoms with Gasteiger partial charge in [0.15, 0.2) is 0 Å². The van der Waals surface area contributed by atoms with Crippen molar-refractivity contribution in [3.63, 3.8) is 0 Å². The summed E-state index contributed by atoms with van der Waals surface area (Å²) in [6, 6.07) is 21.2. The lowest BCUT2D eigenvalue weighted by Crippen LogP contribution is -2.13. The van der Waals surface area contributed by atoms with Crippen LogP contribution in [0.3, 0.4) is 0 Å². The minimum Gasteiger partial charge on any atom is -0.507 e. The molecule has 4 rings (SSSR count). The Kier molecular flexibility index (Phi) is 4.78. The minimum atomic E-state index is -0.426. The topological polar surface area (TPSA) is 78.4 Å². The Balaban J connectivity index is 1.53. The molecule has 4 aromatic rings. The number of amides is 2. The summed E-state index contributed by atoms with van der Waals surface area (Å²) in [5.74, 6) is -0.714. The molecule has 0 unspecified atom stereocenters. The lowest BCUT2D eigenvalue weighted by atomic mass is 10.1. The van der Waals surface area contributed by atoms with E-state index in [1.807, 2.05) is 35.7 Å². The first-order valence-corrected chi connectivity index (χ1v) is 9.46. The minimum absolute atomic E-state index is 0.0849. The third-order valence-electron chi connectivity index (χ3n) is 4.23. The first-order valence-electron chi connectivity index (χ1n) is 8.58. The maximum atomic E-state index is 12.6. The zero-order chi connectivity index (χ0) is 19.5. The molecule has 28 heavy (non-hydrogen) atoms. The molecule has 0 saturated heterocycles. The molecule has 3 N–H and O–H groups in total. The number of fused-ring (bicyclic) bond motifs is 1. The van der Waals surface area contributed by atoms with Crippen LogP contribution in [0, 0.1) is 0 Å². The zero-order valence-corrected chi connectivity index (χ0v) is 15.5. The molecule has 0 bridgehead atoms. The smallest absolute Gasteiger partial charge is 0.265 e. The van der Waals surface area contributed by atoms with Crippen LogP contribution in [-0.4, -0.2) is 16.9 Å². The van der Waals surface area contributed by atoms with Crippen LogP contribution in [0.25, 0.3) is 10.8 Å². The molecule has 0 spiro atoms. The second-order valence-electron chi connectivity index (χ2n) is 6.18. The Morgan fingerprint density at radius 2 is 1.43 bits per heavy atom. The Labute approximate surface area is 165 Å². The Morgan fingerprint density at radius 1 is 0.750 bits per heavy atom. The molecule has 0 aliphatic rings. The number of nitrogens with one attached hydrogen (secondary N) is 2. The fourth-order valence-electron chi connectivity index (χ4n) is 2.88. The average Bonchev–Trinajstić information content (AvgIpc) is 3.22. The van der Waals surface area contributed by atoms with E-state index in [0.717, 1.165) is 10.8 Å². The summed E-state index contributed by atoms with van der Waals surface area (Å²) in [6.45, 7) is 0. The van der Waals surface area contributed by atoms with E-state index < -0.39 is 5.91 Å². The fourth-order valence-corrected chi connectivity index (χ4v) is 3.50. The van der Waals surface area contributed by atoms with Crippen molar-refractivity contribution in [3.05, 3.63) is 88.6 Å². The second-order valence-corrected chi connectivity index (χ2v) is 7.13. The Morgan fingerprint density at radius 3 is 2.11 bits per heavy atom. The SMILES string of the molecule is O=C(Nc1cccc(NC(=O)c2cc3ccccc3cc2O)c1)c1cccs1. The maximum absolute atomic E-state index is 12.6. The number of phenolic OH excluding ortho intramolecular Hbond substituents is 1. The van der Waals surface area contributed by atoms with Crippen LogP contribution in [0.15, 0.2) is 78.2 Å². The molecule has 5 nitrogen and oxygen atoms in total. The van der Waals surface area contributed by atoms with Gasteiger partial charge in [0, 0.05) is 11.4 Å². The van der Waals surface area contributed by atoms with Crippen molar-refractivity contribution >= 4 is 45.3 Å². The average molecular weight is 388 g/mol. The van der Waals surface area contributed by atoms with E-state index in [4.69, 9.17) is 0 Å². The fraction of sp³-hybridized carbons (Fsp3) is 0. The normalized spacial score (nSPS) is 10.6. The number of anilines is 2. The molecule has 0 aliphatic heterocycles. The van der Waals surface area contributed by atoms with Gasteiger partial charge in [-0.2, -0.15) is 0 Å². The molecule has 2 amide bonds. The van der Waals surface area contributed by atoms with Crippen LogP contribution in [0.1, 0.15) is 20.0 Å². The van der Waals surface area contributed by atoms with E-state index >= 15 is 0 Å². The van der Waals surface area contributed by atoms with Crippen molar-refractivity contribution in [3.8, 4) is 5.75 Å². The quantitative estimate of drug-likeness (QED) is 0.454. The third-order valence-corrected chi connectivity index (χ3v) is 5.10. The van der Waals surface area contributed by atoms with Crippen molar-refractivity contribution in [1.82, 2.24) is 0 Å². The van der Waals surface area contributed by atoms with Crippen LogP contribution in [-0.2, 0) is 0 Å². The number of hydrogen-bond donors (Lipinski definition) is 3. The highest BCUT2D eigenvalue weighted by Crippen LogP contribution is 2.26. The van der Waals surface area contributed by atoms with Crippen LogP contribution in [0.4, 0.5) is 11.4 Å². The summed E-state index contributed by atoms with van der Waals surface area (Å²) in [4.78, 5) is 25.4. The van der Waals surface area contributed by atoms with E-state index in [1.54, 1.807) is 42.5 Å². The molecule has 0 aliphatic carbocycles. The number of aromatic hydroxyl groups is 1. The van der Waals surface area contributed by atoms with E-state index in [1.165, 1.54) is 11.3 Å². The number of carbonyl (C=O) groups excluding carboxylic acids is 2. The van der Waals surface area contributed by atoms with Crippen molar-refractivity contribution in [1.29, 1.82) is 0 Å². The molecule has 0 radical (unpaired) electrons. The molecule has 1 aromatic heterocycles. The van der Waals surface area contributed by atoms with Crippen LogP contribution in [0.2, 0.25) is 0 Å². The summed E-state index contributed by atoms with van der Waals surface area (Å²) in [6.07, 6.45) is 0. The molecule has 138 valence electrons. The van der Waals surface area contributed by atoms with Gasteiger partial charge in [-0.25, -0.2) is 0 Å². The predicted octanol–water partition coefficient (Wildman–Crippen LogP) is 5.11. The standard InChI is InChI=1S/C22H16N2O3S/c25-19-12-15-6-2-1-5-14(15)11-18(19)21(26)23-16-7-3-8-17(13-16)24-22(27)20-9-4-10-28-20/h1-13,25H,(H,23,26)(H,24,27). The van der Waals surface area contributed by atoms with E-state index in [9.17, 15) is 14.7 Å². The van der Waals surface area contributed by atoms with Gasteiger partial charge in [0.25, 0.3) is 11.8 Å². The number of hydrogen-bond acceptors (Lipinski definition) is 4. The van der Waals surface area contributed by atoms with Gasteiger partial charge in [-0.05, 0) is 52.6 Å². The summed E-state index contributed by atoms with van der Waals surface area (Å²) in [5.41, 5.74) is 1.27. The van der Waals surface area contributed by atoms with Gasteiger partial charge in [0.2, 0.25) is 0 Å². The summed E-state index contributed by atoms with van der Waals surface area (Å²) in [5, 5.41) is 19.3. The zero-order valence-electron chi connectivity index (χ0n) is 14.7. The Bertz CT molecular complexity index is 1170. The molecule has 3 aromatic carbocycles. The van der Waals surface area contributed by atoms with E-state index in [2.05, 4.69) is 10.6 Å². The number of thiophene rings is 1. The highest BCUT2D eigenvalue weighted by atomic mass is 32.1. The van der Waals surface area contributed by atoms with E-state index in [0.29, 0.717) is 16.3 Å². The Hall–Kier alpha value is -3.64. The first-order chi connectivity index (χ1) is 13.6. The van der Waals surface area contributed by atoms with Gasteiger partial charge >= 0.3 is 0 Å². The first kappa shape index (κ1) is 17.8. The van der Waals surface area contributed by atoms with E-state index in [-0.39, 0.29) is 17.2 Å². The molecule has 6 heteroatoms. The molecular weight excluding hydrogens is 372 g/mol. The lowest BCUT2D eigenvalue weighted by Gasteiger charge is -2.10. The van der Waals surface area contributed by atoms with Gasteiger partial charge in [0.1, 0.15) is 5.75 Å². The van der Waals surface area contributed by atoms with Crippen LogP contribution in [0.5, 0.6) is 5.75 Å². The number of benzene rings is 3. The van der Waals surface area contributed by atoms with Crippen molar-refractivity contribution < 1.29 is 14.7 Å². The molecule has 0 fully saturated rings. The molecular formula is C22H16N2O3S. The largest absolute Gasteiger partial charge is 0.507 e. The molecule has 0 saturated carbocycles. The van der Waals surface area contributed by atoms with Crippen LogP contribution >= 0.6 is 11.3 Å². The lowest BCUT2D eigenvalue weighted by molar-refractivity contribution is 0.101. The van der Waals surface area contributed by atoms with Crippen molar-refractivity contribution in [2.75, 3.05) is 10.6 Å². The number of rotatable bonds is 4. The van der Waals surface area contributed by atoms with Crippen molar-refractivity contribution in [2.24, 2.45) is 0 Å². The summed E-state index contributed by atoms with van der Waals surface area (Å²) < 4.78 is 0. The number of carbonyl (C=O) groups is 2.